The van der Waals surface area contributed by atoms with Crippen LogP contribution in [0.1, 0.15) is 34.3 Å². The largest absolute Gasteiger partial charge is 0.493 e. The van der Waals surface area contributed by atoms with E-state index in [9.17, 15) is 13.2 Å². The molecule has 0 spiro atoms. The Morgan fingerprint density at radius 3 is 2.60 bits per heavy atom. The molecule has 1 N–H and O–H groups in total. The number of rotatable bonds is 6. The molecule has 0 bridgehead atoms. The second-order valence-corrected chi connectivity index (χ2v) is 8.95. The zero-order chi connectivity index (χ0) is 21.1. The third-order valence-electron chi connectivity index (χ3n) is 4.93. The molecule has 30 heavy (non-hydrogen) atoms. The van der Waals surface area contributed by atoms with Gasteiger partial charge in [-0.15, -0.1) is 0 Å². The van der Waals surface area contributed by atoms with Crippen molar-refractivity contribution in [1.82, 2.24) is 5.32 Å². The minimum atomic E-state index is -3.31. The molecule has 0 saturated heterocycles. The van der Waals surface area contributed by atoms with Crippen LogP contribution in [0.25, 0.3) is 0 Å². The molecule has 0 fully saturated rings. The molecular weight excluding hydrogens is 406 g/mol. The Labute approximate surface area is 174 Å². The summed E-state index contributed by atoms with van der Waals surface area (Å²) in [6.45, 7) is 0.137. The first-order valence-corrected chi connectivity index (χ1v) is 11.1. The van der Waals surface area contributed by atoms with Crippen molar-refractivity contribution < 1.29 is 27.1 Å². The highest BCUT2D eigenvalue weighted by Gasteiger charge is 2.31. The maximum Gasteiger partial charge on any atom is 0.287 e. The van der Waals surface area contributed by atoms with Crippen molar-refractivity contribution in [2.45, 2.75) is 24.0 Å². The monoisotopic (exact) mass is 427 g/mol. The molecule has 2 aromatic carbocycles. The maximum absolute atomic E-state index is 12.7. The summed E-state index contributed by atoms with van der Waals surface area (Å²) in [5, 5.41) is 2.88. The molecule has 8 heteroatoms. The number of nitrogens with one attached hydrogen (secondary N) is 1. The van der Waals surface area contributed by atoms with Crippen molar-refractivity contribution in [2.75, 3.05) is 12.9 Å². The fourth-order valence-corrected chi connectivity index (χ4v) is 5.06. The Kier molecular flexibility index (Phi) is 5.50. The van der Waals surface area contributed by atoms with Crippen LogP contribution in [0.2, 0.25) is 0 Å². The Morgan fingerprint density at radius 1 is 1.07 bits per heavy atom. The third kappa shape index (κ3) is 4.04. The molecular formula is C22H21NO6S. The van der Waals surface area contributed by atoms with E-state index in [1.165, 1.54) is 0 Å². The summed E-state index contributed by atoms with van der Waals surface area (Å²) in [6, 6.07) is 16.8. The normalized spacial score (nSPS) is 17.0. The van der Waals surface area contributed by atoms with E-state index >= 15 is 0 Å². The Balaban J connectivity index is 1.44. The number of fused-ring (bicyclic) bond motifs is 1. The number of methoxy groups -OCH3 is 1. The van der Waals surface area contributed by atoms with Gasteiger partial charge in [0.15, 0.2) is 27.1 Å². The predicted molar refractivity (Wildman–Crippen MR) is 109 cm³/mol. The van der Waals surface area contributed by atoms with Crippen LogP contribution in [0.15, 0.2) is 70.0 Å². The average molecular weight is 427 g/mol. The highest BCUT2D eigenvalue weighted by Crippen LogP contribution is 2.32. The number of sulfone groups is 1. The SMILES string of the molecule is COc1ccccc1OCc1ccc(C(=O)NC2CCS(=O)(=O)c3ccccc32)o1. The first-order chi connectivity index (χ1) is 14.5. The van der Waals surface area contributed by atoms with Crippen LogP contribution in [0.3, 0.4) is 0 Å². The van der Waals surface area contributed by atoms with Gasteiger partial charge >= 0.3 is 0 Å². The van der Waals surface area contributed by atoms with Crippen molar-refractivity contribution in [1.29, 1.82) is 0 Å². The van der Waals surface area contributed by atoms with Gasteiger partial charge in [0.05, 0.1) is 23.8 Å². The lowest BCUT2D eigenvalue weighted by molar-refractivity contribution is 0.0902. The molecule has 0 radical (unpaired) electrons. The number of ether oxygens (including phenoxy) is 2. The Bertz CT molecular complexity index is 1170. The minimum Gasteiger partial charge on any atom is -0.493 e. The smallest absolute Gasteiger partial charge is 0.287 e. The number of amides is 1. The van der Waals surface area contributed by atoms with Gasteiger partial charge in [-0.05, 0) is 42.3 Å². The summed E-state index contributed by atoms with van der Waals surface area (Å²) in [7, 11) is -1.75. The highest BCUT2D eigenvalue weighted by atomic mass is 32.2. The van der Waals surface area contributed by atoms with Crippen LogP contribution >= 0.6 is 0 Å². The van der Waals surface area contributed by atoms with Crippen molar-refractivity contribution in [3.8, 4) is 11.5 Å². The van der Waals surface area contributed by atoms with Gasteiger partial charge in [-0.2, -0.15) is 0 Å². The quantitative estimate of drug-likeness (QED) is 0.647. The molecule has 1 aromatic heterocycles. The molecule has 1 atom stereocenters. The molecule has 4 rings (SSSR count). The Morgan fingerprint density at radius 2 is 1.80 bits per heavy atom. The topological polar surface area (TPSA) is 94.8 Å². The molecule has 1 aliphatic heterocycles. The third-order valence-corrected chi connectivity index (χ3v) is 6.75. The van der Waals surface area contributed by atoms with Crippen LogP contribution in [-0.4, -0.2) is 27.2 Å². The number of hydrogen-bond acceptors (Lipinski definition) is 6. The molecule has 1 aliphatic rings. The zero-order valence-corrected chi connectivity index (χ0v) is 17.1. The Hall–Kier alpha value is -3.26. The van der Waals surface area contributed by atoms with Crippen molar-refractivity contribution in [3.63, 3.8) is 0 Å². The first-order valence-electron chi connectivity index (χ1n) is 9.45. The number of benzene rings is 2. The lowest BCUT2D eigenvalue weighted by atomic mass is 10.0. The molecule has 7 nitrogen and oxygen atoms in total. The standard InChI is InChI=1S/C22H21NO6S/c1-27-18-7-3-4-8-19(18)28-14-15-10-11-20(29-15)22(24)23-17-12-13-30(25,26)21-9-5-2-6-16(17)21/h2-11,17H,12-14H2,1H3,(H,23,24). The van der Waals surface area contributed by atoms with Crippen molar-refractivity contribution in [3.05, 3.63) is 77.7 Å². The molecule has 2 heterocycles. The molecule has 0 aliphatic carbocycles. The van der Waals surface area contributed by atoms with Crippen LogP contribution in [0.4, 0.5) is 0 Å². The molecule has 1 unspecified atom stereocenters. The predicted octanol–water partition coefficient (Wildman–Crippen LogP) is 3.52. The number of carbonyl (C=O) groups excluding carboxylic acids is 1. The summed E-state index contributed by atoms with van der Waals surface area (Å²) in [5.74, 6) is 1.38. The fourth-order valence-electron chi connectivity index (χ4n) is 3.43. The van der Waals surface area contributed by atoms with E-state index < -0.39 is 21.8 Å². The summed E-state index contributed by atoms with van der Waals surface area (Å²) in [4.78, 5) is 12.9. The zero-order valence-electron chi connectivity index (χ0n) is 16.3. The van der Waals surface area contributed by atoms with Crippen molar-refractivity contribution >= 4 is 15.7 Å². The van der Waals surface area contributed by atoms with Crippen molar-refractivity contribution in [2.24, 2.45) is 0 Å². The van der Waals surface area contributed by atoms with Crippen LogP contribution in [0.5, 0.6) is 11.5 Å². The van der Waals surface area contributed by atoms with Crippen LogP contribution < -0.4 is 14.8 Å². The minimum absolute atomic E-state index is 0.00882. The van der Waals surface area contributed by atoms with E-state index in [1.807, 2.05) is 12.1 Å². The van der Waals surface area contributed by atoms with Gasteiger partial charge in [-0.25, -0.2) is 8.42 Å². The van der Waals surface area contributed by atoms with Gasteiger partial charge < -0.3 is 19.2 Å². The van der Waals surface area contributed by atoms with E-state index in [0.717, 1.165) is 0 Å². The highest BCUT2D eigenvalue weighted by molar-refractivity contribution is 7.91. The number of furan rings is 1. The average Bonchev–Trinajstić information content (AvgIpc) is 3.24. The van der Waals surface area contributed by atoms with E-state index in [0.29, 0.717) is 29.2 Å². The number of para-hydroxylation sites is 2. The summed E-state index contributed by atoms with van der Waals surface area (Å²) >= 11 is 0. The summed E-state index contributed by atoms with van der Waals surface area (Å²) in [5.41, 5.74) is 0.600. The number of carbonyl (C=O) groups is 1. The molecule has 156 valence electrons. The van der Waals surface area contributed by atoms with E-state index in [4.69, 9.17) is 13.9 Å². The van der Waals surface area contributed by atoms with Gasteiger partial charge in [0.2, 0.25) is 0 Å². The molecule has 1 amide bonds. The fraction of sp³-hybridized carbons (Fsp3) is 0.227. The summed E-state index contributed by atoms with van der Waals surface area (Å²) < 4.78 is 41.1. The molecule has 3 aromatic rings. The second-order valence-electron chi connectivity index (χ2n) is 6.88. The van der Waals surface area contributed by atoms with Gasteiger partial charge in [0, 0.05) is 0 Å². The van der Waals surface area contributed by atoms with Gasteiger partial charge in [0.25, 0.3) is 5.91 Å². The van der Waals surface area contributed by atoms with E-state index in [2.05, 4.69) is 5.32 Å². The van der Waals surface area contributed by atoms with Gasteiger partial charge in [-0.1, -0.05) is 30.3 Å². The van der Waals surface area contributed by atoms with E-state index in [-0.39, 0.29) is 23.0 Å². The second kappa shape index (κ2) is 8.23. The number of hydrogen-bond donors (Lipinski definition) is 1. The molecule has 0 saturated carbocycles. The lowest BCUT2D eigenvalue weighted by Gasteiger charge is -2.25. The maximum atomic E-state index is 12.7. The summed E-state index contributed by atoms with van der Waals surface area (Å²) in [6.07, 6.45) is 0.315. The van der Waals surface area contributed by atoms with Gasteiger partial charge in [-0.3, -0.25) is 4.79 Å². The first kappa shape index (κ1) is 20.0. The lowest BCUT2D eigenvalue weighted by Crippen LogP contribution is -2.33. The van der Waals surface area contributed by atoms with Crippen LogP contribution in [-0.2, 0) is 16.4 Å². The van der Waals surface area contributed by atoms with E-state index in [1.54, 1.807) is 55.6 Å². The van der Waals surface area contributed by atoms with Crippen LogP contribution in [0, 0.1) is 0 Å². The van der Waals surface area contributed by atoms with Gasteiger partial charge in [0.1, 0.15) is 12.4 Å².